The van der Waals surface area contributed by atoms with Crippen LogP contribution >= 0.6 is 11.6 Å². The number of nitrogens with zero attached hydrogens (tertiary/aromatic N) is 3. The first-order valence-electron chi connectivity index (χ1n) is 8.16. The van der Waals surface area contributed by atoms with E-state index in [0.717, 1.165) is 27.8 Å². The predicted molar refractivity (Wildman–Crippen MR) is 103 cm³/mol. The first kappa shape index (κ1) is 17.2. The topological polar surface area (TPSA) is 62.7 Å². The van der Waals surface area contributed by atoms with Crippen LogP contribution in [0, 0.1) is 0 Å². The van der Waals surface area contributed by atoms with Gasteiger partial charge in [0.2, 0.25) is 5.95 Å². The lowest BCUT2D eigenvalue weighted by atomic mass is 10.2. The Hall–Kier alpha value is -2.66. The summed E-state index contributed by atoms with van der Waals surface area (Å²) in [5, 5.41) is 7.30. The average Bonchev–Trinajstić information content (AvgIpc) is 2.61. The summed E-state index contributed by atoms with van der Waals surface area (Å²) in [4.78, 5) is 13.5. The van der Waals surface area contributed by atoms with Gasteiger partial charge in [-0.05, 0) is 37.6 Å². The van der Waals surface area contributed by atoms with Gasteiger partial charge in [-0.15, -0.1) is 0 Å². The molecule has 0 aliphatic rings. The van der Waals surface area contributed by atoms with E-state index in [0.29, 0.717) is 12.5 Å². The standard InChI is InChI=1S/C19H20ClN5/c1-13(2)23-19-24-17(16-9-5-6-10-21-16)11-18(25-19)22-12-14-7-3-4-8-15(14)20/h3-11,13H,12H2,1-2H3,(H2,22,23,24,25). The molecule has 0 saturated carbocycles. The fourth-order valence-electron chi connectivity index (χ4n) is 2.33. The number of rotatable bonds is 6. The second-order valence-electron chi connectivity index (χ2n) is 5.92. The number of hydrogen-bond acceptors (Lipinski definition) is 5. The smallest absolute Gasteiger partial charge is 0.225 e. The maximum atomic E-state index is 6.22. The van der Waals surface area contributed by atoms with Crippen molar-refractivity contribution in [3.63, 3.8) is 0 Å². The molecule has 0 amide bonds. The van der Waals surface area contributed by atoms with Crippen LogP contribution in [0.15, 0.2) is 54.7 Å². The summed E-state index contributed by atoms with van der Waals surface area (Å²) in [6.07, 6.45) is 1.75. The van der Waals surface area contributed by atoms with E-state index in [1.165, 1.54) is 0 Å². The third-order valence-corrected chi connectivity index (χ3v) is 3.86. The van der Waals surface area contributed by atoms with Crippen molar-refractivity contribution in [2.24, 2.45) is 0 Å². The van der Waals surface area contributed by atoms with Gasteiger partial charge in [0.05, 0.1) is 11.4 Å². The first-order chi connectivity index (χ1) is 12.1. The van der Waals surface area contributed by atoms with Gasteiger partial charge in [0, 0.05) is 29.9 Å². The molecule has 0 radical (unpaired) electrons. The van der Waals surface area contributed by atoms with E-state index < -0.39 is 0 Å². The Balaban J connectivity index is 1.88. The highest BCUT2D eigenvalue weighted by molar-refractivity contribution is 6.31. The third kappa shape index (κ3) is 4.67. The van der Waals surface area contributed by atoms with Crippen molar-refractivity contribution in [2.75, 3.05) is 10.6 Å². The van der Waals surface area contributed by atoms with E-state index in [1.807, 2.05) is 62.4 Å². The summed E-state index contributed by atoms with van der Waals surface area (Å²) in [7, 11) is 0. The van der Waals surface area contributed by atoms with Crippen molar-refractivity contribution in [1.29, 1.82) is 0 Å². The number of halogens is 1. The molecule has 0 bridgehead atoms. The van der Waals surface area contributed by atoms with Crippen LogP contribution in [0.25, 0.3) is 11.4 Å². The minimum atomic E-state index is 0.232. The Bertz CT molecular complexity index is 836. The fraction of sp³-hybridized carbons (Fsp3) is 0.211. The van der Waals surface area contributed by atoms with E-state index >= 15 is 0 Å². The molecule has 25 heavy (non-hydrogen) atoms. The van der Waals surface area contributed by atoms with Gasteiger partial charge in [0.25, 0.3) is 0 Å². The molecular formula is C19H20ClN5. The highest BCUT2D eigenvalue weighted by atomic mass is 35.5. The number of aromatic nitrogens is 3. The zero-order chi connectivity index (χ0) is 17.6. The van der Waals surface area contributed by atoms with Crippen LogP contribution in [0.1, 0.15) is 19.4 Å². The fourth-order valence-corrected chi connectivity index (χ4v) is 2.54. The highest BCUT2D eigenvalue weighted by Crippen LogP contribution is 2.21. The maximum absolute atomic E-state index is 6.22. The second-order valence-corrected chi connectivity index (χ2v) is 6.33. The molecule has 128 valence electrons. The third-order valence-electron chi connectivity index (χ3n) is 3.49. The van der Waals surface area contributed by atoms with Crippen molar-refractivity contribution in [2.45, 2.75) is 26.4 Å². The van der Waals surface area contributed by atoms with E-state index in [-0.39, 0.29) is 6.04 Å². The van der Waals surface area contributed by atoms with Crippen molar-refractivity contribution in [3.8, 4) is 11.4 Å². The van der Waals surface area contributed by atoms with Gasteiger partial charge in [-0.3, -0.25) is 4.98 Å². The van der Waals surface area contributed by atoms with Gasteiger partial charge in [0.15, 0.2) is 0 Å². The highest BCUT2D eigenvalue weighted by Gasteiger charge is 2.09. The number of pyridine rings is 1. The van der Waals surface area contributed by atoms with Gasteiger partial charge in [-0.2, -0.15) is 4.98 Å². The molecule has 0 unspecified atom stereocenters. The molecule has 6 heteroatoms. The lowest BCUT2D eigenvalue weighted by Gasteiger charge is -2.13. The number of hydrogen-bond donors (Lipinski definition) is 2. The van der Waals surface area contributed by atoms with E-state index in [1.54, 1.807) is 6.20 Å². The summed E-state index contributed by atoms with van der Waals surface area (Å²) in [6.45, 7) is 4.68. The Morgan fingerprint density at radius 2 is 1.80 bits per heavy atom. The summed E-state index contributed by atoms with van der Waals surface area (Å²) < 4.78 is 0. The Morgan fingerprint density at radius 3 is 2.52 bits per heavy atom. The molecule has 1 aromatic carbocycles. The molecule has 0 fully saturated rings. The minimum absolute atomic E-state index is 0.232. The van der Waals surface area contributed by atoms with Gasteiger partial charge in [-0.1, -0.05) is 35.9 Å². The molecule has 0 aliphatic heterocycles. The molecule has 0 saturated heterocycles. The minimum Gasteiger partial charge on any atom is -0.366 e. The molecule has 5 nitrogen and oxygen atoms in total. The van der Waals surface area contributed by atoms with Gasteiger partial charge >= 0.3 is 0 Å². The molecule has 2 heterocycles. The molecule has 2 N–H and O–H groups in total. The lowest BCUT2D eigenvalue weighted by Crippen LogP contribution is -2.14. The molecule has 2 aromatic heterocycles. The van der Waals surface area contributed by atoms with Gasteiger partial charge < -0.3 is 10.6 Å². The number of benzene rings is 1. The largest absolute Gasteiger partial charge is 0.366 e. The first-order valence-corrected chi connectivity index (χ1v) is 8.54. The molecular weight excluding hydrogens is 334 g/mol. The zero-order valence-corrected chi connectivity index (χ0v) is 15.0. The quantitative estimate of drug-likeness (QED) is 0.676. The summed E-state index contributed by atoms with van der Waals surface area (Å²) in [5.41, 5.74) is 2.58. The van der Waals surface area contributed by atoms with Crippen molar-refractivity contribution >= 4 is 23.4 Å². The van der Waals surface area contributed by atoms with Crippen molar-refractivity contribution in [3.05, 3.63) is 65.3 Å². The Labute approximate surface area is 152 Å². The van der Waals surface area contributed by atoms with Crippen LogP contribution in [0.5, 0.6) is 0 Å². The zero-order valence-electron chi connectivity index (χ0n) is 14.2. The molecule has 0 spiro atoms. The Kier molecular flexibility index (Phi) is 5.46. The van der Waals surface area contributed by atoms with Gasteiger partial charge in [0.1, 0.15) is 5.82 Å². The van der Waals surface area contributed by atoms with E-state index in [4.69, 9.17) is 11.6 Å². The number of nitrogens with one attached hydrogen (secondary N) is 2. The lowest BCUT2D eigenvalue weighted by molar-refractivity contribution is 0.874. The van der Waals surface area contributed by atoms with Crippen molar-refractivity contribution in [1.82, 2.24) is 15.0 Å². The molecule has 0 aliphatic carbocycles. The SMILES string of the molecule is CC(C)Nc1nc(NCc2ccccc2Cl)cc(-c2ccccn2)n1. The van der Waals surface area contributed by atoms with Gasteiger partial charge in [-0.25, -0.2) is 4.98 Å². The predicted octanol–water partition coefficient (Wildman–Crippen LogP) is 4.62. The molecule has 3 rings (SSSR count). The summed E-state index contributed by atoms with van der Waals surface area (Å²) in [6, 6.07) is 15.6. The van der Waals surface area contributed by atoms with Crippen LogP contribution < -0.4 is 10.6 Å². The van der Waals surface area contributed by atoms with Crippen LogP contribution in [-0.4, -0.2) is 21.0 Å². The maximum Gasteiger partial charge on any atom is 0.225 e. The van der Waals surface area contributed by atoms with E-state index in [2.05, 4.69) is 25.6 Å². The van der Waals surface area contributed by atoms with Crippen LogP contribution in [0.2, 0.25) is 5.02 Å². The van der Waals surface area contributed by atoms with Crippen LogP contribution in [0.3, 0.4) is 0 Å². The summed E-state index contributed by atoms with van der Waals surface area (Å²) in [5.74, 6) is 1.29. The van der Waals surface area contributed by atoms with Crippen molar-refractivity contribution < 1.29 is 0 Å². The number of anilines is 2. The second kappa shape index (κ2) is 7.94. The van der Waals surface area contributed by atoms with Crippen LogP contribution in [-0.2, 0) is 6.54 Å². The normalized spacial score (nSPS) is 10.7. The Morgan fingerprint density at radius 1 is 1.00 bits per heavy atom. The molecule has 0 atom stereocenters. The van der Waals surface area contributed by atoms with Crippen LogP contribution in [0.4, 0.5) is 11.8 Å². The average molecular weight is 354 g/mol. The monoisotopic (exact) mass is 353 g/mol. The summed E-state index contributed by atoms with van der Waals surface area (Å²) >= 11 is 6.22. The molecule has 3 aromatic rings. The van der Waals surface area contributed by atoms with E-state index in [9.17, 15) is 0 Å².